The number of ether oxygens (including phenoxy) is 5. The molecule has 0 aromatic carbocycles. The summed E-state index contributed by atoms with van der Waals surface area (Å²) in [6, 6.07) is -1.19. The van der Waals surface area contributed by atoms with Gasteiger partial charge in [-0.3, -0.25) is 19.2 Å². The number of allylic oxidation sites excluding steroid dienone is 6. The number of carbonyl (C=O) groups is 5. The smallest absolute Gasteiger partial charge is 0.329 e. The normalized spacial score (nSPS) is 38.8. The first-order valence-electron chi connectivity index (χ1n) is 25.0. The van der Waals surface area contributed by atoms with Crippen LogP contribution in [0.4, 0.5) is 0 Å². The maximum absolute atomic E-state index is 14.5. The molecule has 1 aromatic rings. The van der Waals surface area contributed by atoms with Gasteiger partial charge < -0.3 is 38.8 Å². The van der Waals surface area contributed by atoms with Gasteiger partial charge >= 0.3 is 5.97 Å². The first kappa shape index (κ1) is 55.7. The highest BCUT2D eigenvalue weighted by Crippen LogP contribution is 2.39. The van der Waals surface area contributed by atoms with Gasteiger partial charge in [-0.2, -0.15) is 0 Å². The lowest BCUT2D eigenvalue weighted by molar-refractivity contribution is -0.265. The molecule has 69 heavy (non-hydrogen) atoms. The predicted octanol–water partition coefficient (Wildman–Crippen LogP) is 6.05. The molecule has 2 bridgehead atoms. The van der Waals surface area contributed by atoms with Crippen LogP contribution in [0.2, 0.25) is 0 Å². The molecule has 17 nitrogen and oxygen atoms in total. The van der Waals surface area contributed by atoms with E-state index in [0.29, 0.717) is 56.9 Å². The molecule has 4 aliphatic rings. The van der Waals surface area contributed by atoms with Crippen LogP contribution in [0.3, 0.4) is 0 Å². The molecule has 3 aliphatic heterocycles. The van der Waals surface area contributed by atoms with E-state index in [1.54, 1.807) is 52.1 Å². The summed E-state index contributed by atoms with van der Waals surface area (Å²) in [5, 5.41) is 35.2. The van der Waals surface area contributed by atoms with Crippen LogP contribution >= 0.6 is 0 Å². The van der Waals surface area contributed by atoms with Crippen molar-refractivity contribution in [3.8, 4) is 0 Å². The highest BCUT2D eigenvalue weighted by atomic mass is 16.6. The van der Waals surface area contributed by atoms with Gasteiger partial charge in [-0.05, 0) is 117 Å². The number of ketones is 3. The molecule has 0 spiro atoms. The molecule has 4 heterocycles. The highest BCUT2D eigenvalue weighted by molar-refractivity contribution is 6.39. The number of rotatable bonds is 7. The van der Waals surface area contributed by atoms with E-state index in [1.807, 2.05) is 58.1 Å². The molecular weight excluding hydrogens is 887 g/mol. The first-order chi connectivity index (χ1) is 32.8. The molecule has 2 saturated heterocycles. The Morgan fingerprint density at radius 1 is 0.884 bits per heavy atom. The number of aliphatic hydroxyl groups excluding tert-OH is 1. The fourth-order valence-electron chi connectivity index (χ4n) is 10.7. The largest absolute Gasteiger partial charge is 0.460 e. The number of methoxy groups -OCH3 is 3. The van der Waals surface area contributed by atoms with Gasteiger partial charge in [0.2, 0.25) is 5.79 Å². The van der Waals surface area contributed by atoms with Crippen molar-refractivity contribution in [1.29, 1.82) is 0 Å². The van der Waals surface area contributed by atoms with Crippen LogP contribution in [0.15, 0.2) is 53.9 Å². The number of aromatic nitrogens is 4. The van der Waals surface area contributed by atoms with E-state index in [0.717, 1.165) is 18.4 Å². The lowest BCUT2D eigenvalue weighted by Gasteiger charge is -2.42. The number of piperidine rings is 1. The van der Waals surface area contributed by atoms with Crippen LogP contribution in [-0.2, 0) is 47.7 Å². The molecule has 384 valence electrons. The summed E-state index contributed by atoms with van der Waals surface area (Å²) in [6.45, 7) is 12.8. The number of hydrogen-bond donors (Lipinski definition) is 2. The average molecular weight is 966 g/mol. The molecule has 5 rings (SSSR count). The van der Waals surface area contributed by atoms with E-state index in [9.17, 15) is 34.2 Å². The van der Waals surface area contributed by atoms with Crippen molar-refractivity contribution < 1.29 is 57.9 Å². The van der Waals surface area contributed by atoms with E-state index in [2.05, 4.69) is 15.5 Å². The van der Waals surface area contributed by atoms with Gasteiger partial charge in [0, 0.05) is 58.5 Å². The Morgan fingerprint density at radius 3 is 2.32 bits per heavy atom. The van der Waals surface area contributed by atoms with E-state index >= 15 is 0 Å². The van der Waals surface area contributed by atoms with Crippen LogP contribution in [0.1, 0.15) is 132 Å². The maximum Gasteiger partial charge on any atom is 0.329 e. The van der Waals surface area contributed by atoms with Crippen molar-refractivity contribution in [1.82, 2.24) is 25.1 Å². The number of hydrogen-bond acceptors (Lipinski definition) is 15. The number of amides is 1. The number of aliphatic hydroxyl groups is 2. The number of nitrogens with zero attached hydrogens (tertiary/aromatic N) is 5. The van der Waals surface area contributed by atoms with Crippen molar-refractivity contribution >= 4 is 29.2 Å². The van der Waals surface area contributed by atoms with Crippen molar-refractivity contribution in [2.45, 2.75) is 180 Å². The third-order valence-electron chi connectivity index (χ3n) is 15.2. The predicted molar refractivity (Wildman–Crippen MR) is 256 cm³/mol. The topological polar surface area (TPSA) is 219 Å². The molecule has 17 heteroatoms. The summed E-state index contributed by atoms with van der Waals surface area (Å²) >= 11 is 0. The number of tetrazole rings is 1. The minimum Gasteiger partial charge on any atom is -0.460 e. The molecule has 1 saturated carbocycles. The molecule has 3 fully saturated rings. The van der Waals surface area contributed by atoms with Crippen LogP contribution in [0.25, 0.3) is 0 Å². The minimum atomic E-state index is -2.43. The van der Waals surface area contributed by atoms with Gasteiger partial charge in [0.15, 0.2) is 5.78 Å². The molecule has 0 radical (unpaired) electrons. The standard InChI is InChI=1S/C52H79N5O12/c1-31-16-12-11-13-17-32(2)43(65-8)28-39-21-19-37(7)52(64,69-39)49(61)50(62)56-23-15-14-18-41(56)51(63)68-44(34(4)26-38-20-22-40(45(27-38)66-9)57-30-53-54-55-57)29-42(58)33(3)25-36(6)47(60)48(67-10)46(59)35(5)24-31/h11-13,16-17,25,30-31,33-35,37-41,43-45,47-48,60,64H,14-15,18-24,26-29H2,1-10H3/b13-11+,16-12+,32-17+,36-25+/t31?,33-,34-,35?,37-,38+,39+,40+,41+,43?,44+,45-,47-,48?,52-/m1/s1. The Balaban J connectivity index is 1.46. The second-order valence-electron chi connectivity index (χ2n) is 20.4. The van der Waals surface area contributed by atoms with Crippen molar-refractivity contribution in [3.05, 3.63) is 53.9 Å². The number of esters is 1. The van der Waals surface area contributed by atoms with Gasteiger partial charge in [-0.15, -0.1) is 5.10 Å². The van der Waals surface area contributed by atoms with Gasteiger partial charge in [0.1, 0.15) is 36.5 Å². The Bertz CT molecular complexity index is 2020. The quantitative estimate of drug-likeness (QED) is 0.181. The first-order valence-corrected chi connectivity index (χ1v) is 25.0. The molecule has 4 unspecified atom stereocenters. The number of fused-ring (bicyclic) bond motifs is 3. The zero-order valence-electron chi connectivity index (χ0n) is 42.5. The van der Waals surface area contributed by atoms with E-state index < -0.39 is 77.8 Å². The molecule has 1 aliphatic carbocycles. The fraction of sp³-hybridized carbons (Fsp3) is 0.731. The Morgan fingerprint density at radius 2 is 1.64 bits per heavy atom. The number of carbonyl (C=O) groups excluding carboxylic acids is 5. The van der Waals surface area contributed by atoms with Crippen LogP contribution < -0.4 is 0 Å². The number of cyclic esters (lactones) is 1. The molecule has 1 aromatic heterocycles. The SMILES string of the molecule is COC1C[C@@H]2CC[C@@H](C)[C@@](O)(O2)C(=O)C(=O)N2CCCC[C@H]2C(=O)O[C@H]([C@H](C)C[C@@H]2CC[C@H](n3cnnn3)[C@H](OC)C2)CC(=O)[C@H](C)/C=C(\C)[C@@H](O)C(OC)C(=O)C(C)CC(C)/C=C/C=C/C=C/1C. The van der Waals surface area contributed by atoms with Gasteiger partial charge in [0.25, 0.3) is 11.7 Å². The monoisotopic (exact) mass is 966 g/mol. The van der Waals surface area contributed by atoms with Crippen molar-refractivity contribution in [3.63, 3.8) is 0 Å². The second-order valence-corrected chi connectivity index (χ2v) is 20.4. The molecule has 15 atom stereocenters. The van der Waals surface area contributed by atoms with Crippen LogP contribution in [0.5, 0.6) is 0 Å². The van der Waals surface area contributed by atoms with Gasteiger partial charge in [-0.1, -0.05) is 71.1 Å². The lowest BCUT2D eigenvalue weighted by atomic mass is 9.77. The summed E-state index contributed by atoms with van der Waals surface area (Å²) < 4.78 is 31.6. The fourth-order valence-corrected chi connectivity index (χ4v) is 10.7. The lowest BCUT2D eigenvalue weighted by Crippen LogP contribution is -2.61. The summed E-state index contributed by atoms with van der Waals surface area (Å²) in [6.07, 6.45) is 13.9. The Labute approximate surface area is 408 Å². The highest BCUT2D eigenvalue weighted by Gasteiger charge is 2.53. The van der Waals surface area contributed by atoms with Crippen LogP contribution in [-0.4, -0.2) is 141 Å². The zero-order chi connectivity index (χ0) is 50.6. The van der Waals surface area contributed by atoms with Gasteiger partial charge in [0.05, 0.1) is 24.4 Å². The Kier molecular flexibility index (Phi) is 20.8. The molecule has 1 amide bonds. The van der Waals surface area contributed by atoms with Crippen molar-refractivity contribution in [2.24, 2.45) is 35.5 Å². The Hall–Kier alpha value is -4.26. The third-order valence-corrected chi connectivity index (χ3v) is 15.2. The third kappa shape index (κ3) is 14.2. The average Bonchev–Trinajstić information content (AvgIpc) is 3.88. The van der Waals surface area contributed by atoms with E-state index in [4.69, 9.17) is 23.7 Å². The van der Waals surface area contributed by atoms with Crippen molar-refractivity contribution in [2.75, 3.05) is 27.9 Å². The second kappa shape index (κ2) is 25.7. The minimum absolute atomic E-state index is 0.0170. The summed E-state index contributed by atoms with van der Waals surface area (Å²) in [7, 11) is 4.62. The number of Topliss-reactive ketones (excluding diaryl/α,β-unsaturated/α-hetero) is 3. The summed E-state index contributed by atoms with van der Waals surface area (Å²) in [4.78, 5) is 72.3. The zero-order valence-corrected chi connectivity index (χ0v) is 42.5. The van der Waals surface area contributed by atoms with E-state index in [-0.39, 0.29) is 60.9 Å². The molecular formula is C52H79N5O12. The summed E-state index contributed by atoms with van der Waals surface area (Å²) in [5.74, 6) is -7.92. The van der Waals surface area contributed by atoms with Gasteiger partial charge in [-0.25, -0.2) is 9.48 Å². The maximum atomic E-state index is 14.5. The molecule has 2 N–H and O–H groups in total. The summed E-state index contributed by atoms with van der Waals surface area (Å²) in [5.41, 5.74) is 1.27. The van der Waals surface area contributed by atoms with Crippen LogP contribution in [0, 0.1) is 35.5 Å². The van der Waals surface area contributed by atoms with E-state index in [1.165, 1.54) is 12.0 Å².